The van der Waals surface area contributed by atoms with E-state index in [1.54, 1.807) is 0 Å². The zero-order valence-electron chi connectivity index (χ0n) is 7.08. The summed E-state index contributed by atoms with van der Waals surface area (Å²) < 4.78 is 5.08. The molecule has 1 aliphatic rings. The highest BCUT2D eigenvalue weighted by Gasteiger charge is 2.19. The highest BCUT2D eigenvalue weighted by Crippen LogP contribution is 2.18. The van der Waals surface area contributed by atoms with Crippen LogP contribution in [0, 0.1) is 11.3 Å². The van der Waals surface area contributed by atoms with Crippen LogP contribution in [0.2, 0.25) is 0 Å². The molecule has 1 rings (SSSR count). The molecule has 0 bridgehead atoms. The second-order valence-corrected chi connectivity index (χ2v) is 3.05. The summed E-state index contributed by atoms with van der Waals surface area (Å²) in [5.41, 5.74) is 0. The van der Waals surface area contributed by atoms with E-state index in [9.17, 15) is 4.79 Å². The maximum atomic E-state index is 10.8. The Morgan fingerprint density at radius 3 is 3.17 bits per heavy atom. The third kappa shape index (κ3) is 2.91. The molecule has 1 aliphatic heterocycles. The largest absolute Gasteiger partial charge is 0.462 e. The van der Waals surface area contributed by atoms with Crippen molar-refractivity contribution in [2.24, 2.45) is 0 Å². The maximum absolute atomic E-state index is 10.8. The van der Waals surface area contributed by atoms with Crippen LogP contribution in [0.5, 0.6) is 0 Å². The fourth-order valence-electron chi connectivity index (χ4n) is 1.39. The van der Waals surface area contributed by atoms with E-state index in [0.717, 1.165) is 25.7 Å². The molecule has 1 unspecified atom stereocenters. The van der Waals surface area contributed by atoms with Gasteiger partial charge in [-0.05, 0) is 25.7 Å². The normalized spacial score (nSPS) is 22.9. The lowest BCUT2D eigenvalue weighted by Crippen LogP contribution is -2.23. The number of carbonyl (C=O) groups is 1. The second kappa shape index (κ2) is 4.76. The molecule has 0 aromatic rings. The summed E-state index contributed by atoms with van der Waals surface area (Å²) in [7, 11) is 0. The molecule has 0 saturated carbocycles. The summed E-state index contributed by atoms with van der Waals surface area (Å²) >= 11 is 0. The van der Waals surface area contributed by atoms with Gasteiger partial charge in [0.1, 0.15) is 6.10 Å². The average molecular weight is 167 g/mol. The standard InChI is InChI=1S/C9H13NO2/c10-7-2-1-4-8-5-3-6-9(11)12-8/h8H,1-6H2. The monoisotopic (exact) mass is 167 g/mol. The molecule has 12 heavy (non-hydrogen) atoms. The van der Waals surface area contributed by atoms with Gasteiger partial charge in [-0.1, -0.05) is 0 Å². The van der Waals surface area contributed by atoms with Crippen LogP contribution in [0.4, 0.5) is 0 Å². The van der Waals surface area contributed by atoms with Gasteiger partial charge < -0.3 is 4.74 Å². The van der Waals surface area contributed by atoms with E-state index in [-0.39, 0.29) is 12.1 Å². The van der Waals surface area contributed by atoms with Gasteiger partial charge >= 0.3 is 5.97 Å². The van der Waals surface area contributed by atoms with Crippen LogP contribution in [-0.2, 0) is 9.53 Å². The Morgan fingerprint density at radius 2 is 2.50 bits per heavy atom. The van der Waals surface area contributed by atoms with Crippen LogP contribution in [-0.4, -0.2) is 12.1 Å². The van der Waals surface area contributed by atoms with Crippen molar-refractivity contribution in [2.75, 3.05) is 0 Å². The lowest BCUT2D eigenvalue weighted by Gasteiger charge is -2.21. The fraction of sp³-hybridized carbons (Fsp3) is 0.778. The van der Waals surface area contributed by atoms with Crippen molar-refractivity contribution in [3.05, 3.63) is 0 Å². The van der Waals surface area contributed by atoms with Gasteiger partial charge in [-0.25, -0.2) is 0 Å². The first-order valence-corrected chi connectivity index (χ1v) is 4.39. The van der Waals surface area contributed by atoms with E-state index in [1.807, 2.05) is 0 Å². The van der Waals surface area contributed by atoms with Crippen molar-refractivity contribution < 1.29 is 9.53 Å². The summed E-state index contributed by atoms with van der Waals surface area (Å²) in [6.45, 7) is 0. The summed E-state index contributed by atoms with van der Waals surface area (Å²) in [6.07, 6.45) is 4.81. The Morgan fingerprint density at radius 1 is 1.67 bits per heavy atom. The number of cyclic esters (lactones) is 1. The highest BCUT2D eigenvalue weighted by atomic mass is 16.5. The lowest BCUT2D eigenvalue weighted by molar-refractivity contribution is -0.154. The number of rotatable bonds is 3. The molecule has 0 radical (unpaired) electrons. The van der Waals surface area contributed by atoms with Crippen LogP contribution in [0.25, 0.3) is 0 Å². The van der Waals surface area contributed by atoms with Crippen molar-refractivity contribution in [3.63, 3.8) is 0 Å². The van der Waals surface area contributed by atoms with Crippen molar-refractivity contribution in [1.82, 2.24) is 0 Å². The van der Waals surface area contributed by atoms with E-state index in [2.05, 4.69) is 6.07 Å². The molecule has 66 valence electrons. The topological polar surface area (TPSA) is 50.1 Å². The minimum absolute atomic E-state index is 0.0804. The molecule has 1 heterocycles. The average Bonchev–Trinajstić information content (AvgIpc) is 2.05. The number of ether oxygens (including phenoxy) is 1. The van der Waals surface area contributed by atoms with Crippen LogP contribution in [0.1, 0.15) is 38.5 Å². The Hall–Kier alpha value is -1.04. The summed E-state index contributed by atoms with van der Waals surface area (Å²) in [5, 5.41) is 8.29. The Kier molecular flexibility index (Phi) is 3.59. The Labute approximate surface area is 72.3 Å². The highest BCUT2D eigenvalue weighted by molar-refractivity contribution is 5.70. The number of hydrogen-bond donors (Lipinski definition) is 0. The molecule has 0 N–H and O–H groups in total. The molecule has 0 aromatic carbocycles. The Balaban J connectivity index is 2.15. The van der Waals surface area contributed by atoms with Gasteiger partial charge in [-0.3, -0.25) is 4.79 Å². The van der Waals surface area contributed by atoms with Crippen molar-refractivity contribution in [1.29, 1.82) is 5.26 Å². The minimum atomic E-state index is -0.0804. The van der Waals surface area contributed by atoms with Gasteiger partial charge in [0.2, 0.25) is 0 Å². The molecule has 1 fully saturated rings. The molecule has 3 nitrogen and oxygen atoms in total. The Bertz CT molecular complexity index is 195. The van der Waals surface area contributed by atoms with Crippen LogP contribution >= 0.6 is 0 Å². The summed E-state index contributed by atoms with van der Waals surface area (Å²) in [4.78, 5) is 10.8. The summed E-state index contributed by atoms with van der Waals surface area (Å²) in [5.74, 6) is -0.0804. The van der Waals surface area contributed by atoms with E-state index in [0.29, 0.717) is 12.8 Å². The fourth-order valence-corrected chi connectivity index (χ4v) is 1.39. The second-order valence-electron chi connectivity index (χ2n) is 3.05. The zero-order chi connectivity index (χ0) is 8.81. The molecule has 1 atom stereocenters. The molecule has 0 aliphatic carbocycles. The van der Waals surface area contributed by atoms with Crippen LogP contribution in [0.3, 0.4) is 0 Å². The van der Waals surface area contributed by atoms with Gasteiger partial charge in [0.15, 0.2) is 0 Å². The molecule has 0 amide bonds. The third-order valence-corrected chi connectivity index (χ3v) is 2.02. The lowest BCUT2D eigenvalue weighted by atomic mass is 10.0. The van der Waals surface area contributed by atoms with E-state index < -0.39 is 0 Å². The first-order valence-electron chi connectivity index (χ1n) is 4.39. The number of unbranched alkanes of at least 4 members (excludes halogenated alkanes) is 1. The van der Waals surface area contributed by atoms with Gasteiger partial charge in [0, 0.05) is 12.8 Å². The predicted octanol–water partition coefficient (Wildman–Crippen LogP) is 1.78. The van der Waals surface area contributed by atoms with Crippen molar-refractivity contribution >= 4 is 5.97 Å². The number of hydrogen-bond acceptors (Lipinski definition) is 3. The number of nitriles is 1. The SMILES string of the molecule is N#CCCCC1CCCC(=O)O1. The minimum Gasteiger partial charge on any atom is -0.462 e. The van der Waals surface area contributed by atoms with Gasteiger partial charge in [0.05, 0.1) is 6.07 Å². The quantitative estimate of drug-likeness (QED) is 0.475. The van der Waals surface area contributed by atoms with E-state index >= 15 is 0 Å². The maximum Gasteiger partial charge on any atom is 0.306 e. The zero-order valence-corrected chi connectivity index (χ0v) is 7.08. The molecule has 3 heteroatoms. The van der Waals surface area contributed by atoms with E-state index in [1.165, 1.54) is 0 Å². The first-order chi connectivity index (χ1) is 5.83. The molecule has 0 spiro atoms. The molecule has 0 aromatic heterocycles. The third-order valence-electron chi connectivity index (χ3n) is 2.02. The van der Waals surface area contributed by atoms with Crippen LogP contribution in [0.15, 0.2) is 0 Å². The molecule has 1 saturated heterocycles. The van der Waals surface area contributed by atoms with Gasteiger partial charge in [0.25, 0.3) is 0 Å². The smallest absolute Gasteiger partial charge is 0.306 e. The van der Waals surface area contributed by atoms with Gasteiger partial charge in [-0.15, -0.1) is 0 Å². The first kappa shape index (κ1) is 9.05. The van der Waals surface area contributed by atoms with Gasteiger partial charge in [-0.2, -0.15) is 5.26 Å². The van der Waals surface area contributed by atoms with Crippen molar-refractivity contribution in [3.8, 4) is 6.07 Å². The number of carbonyl (C=O) groups excluding carboxylic acids is 1. The number of nitrogens with zero attached hydrogens (tertiary/aromatic N) is 1. The van der Waals surface area contributed by atoms with Crippen LogP contribution < -0.4 is 0 Å². The van der Waals surface area contributed by atoms with Crippen molar-refractivity contribution in [2.45, 2.75) is 44.6 Å². The summed E-state index contributed by atoms with van der Waals surface area (Å²) in [6, 6.07) is 2.08. The number of esters is 1. The molecular formula is C9H13NO2. The predicted molar refractivity (Wildman–Crippen MR) is 43.2 cm³/mol. The van der Waals surface area contributed by atoms with E-state index in [4.69, 9.17) is 10.00 Å². The molecular weight excluding hydrogens is 154 g/mol.